The second-order valence-corrected chi connectivity index (χ2v) is 30.7. The molecule has 21 aromatic rings. The van der Waals surface area contributed by atoms with Crippen LogP contribution in [0, 0.1) is 0 Å². The third-order valence-electron chi connectivity index (χ3n) is 24.0. The minimum atomic E-state index is 0.0897. The average molecular weight is 1520 g/mol. The third-order valence-corrected chi connectivity index (χ3v) is 24.0. The molecule has 0 saturated carbocycles. The van der Waals surface area contributed by atoms with Gasteiger partial charge in [0.15, 0.2) is 5.58 Å². The van der Waals surface area contributed by atoms with Gasteiger partial charge in [0, 0.05) is 67.4 Å². The normalized spacial score (nSPS) is 11.7. The summed E-state index contributed by atoms with van der Waals surface area (Å²) in [5.74, 6) is 3.39. The topological polar surface area (TPSA) is 38.1 Å². The molecule has 2 aliphatic heterocycles. The maximum atomic E-state index is 7.04. The molecule has 2 aliphatic rings. The molecule has 0 spiro atoms. The van der Waals surface area contributed by atoms with Crippen LogP contribution in [-0.2, 0) is 0 Å². The van der Waals surface area contributed by atoms with E-state index in [2.05, 4.69) is 447 Å². The SMILES string of the molecule is c1ccc(B(c2ccccc2)c2cccc3c(-c4ccc5c6c(cccc46)Oc4cc(N(c6ccccc6)c6ccccc6)ccc4-5)cccc23)cc1.c1ccc(B(c2ccccc2)c2cccc3c(-c4ccc5c6c(cccc46)Oc4cc(N(c6ccccc6-c6ccccc6)c6cccc7c6oc6ccccc67)ccc4-5)cccc23)cc1. The van der Waals surface area contributed by atoms with Crippen molar-refractivity contribution < 1.29 is 13.9 Å². The van der Waals surface area contributed by atoms with Gasteiger partial charge in [0.1, 0.15) is 28.6 Å². The molecule has 0 amide bonds. The fraction of sp³-hybridized carbons (Fsp3) is 0. The van der Waals surface area contributed by atoms with Gasteiger partial charge < -0.3 is 23.7 Å². The number of nitrogens with zero attached hydrogens (tertiary/aromatic N) is 2. The number of para-hydroxylation sites is 5. The Morgan fingerprint density at radius 1 is 0.193 bits per heavy atom. The fourth-order valence-corrected chi connectivity index (χ4v) is 18.8. The molecule has 0 unspecified atom stereocenters. The lowest BCUT2D eigenvalue weighted by Crippen LogP contribution is -2.52. The monoisotopic (exact) mass is 1520 g/mol. The van der Waals surface area contributed by atoms with Crippen LogP contribution in [0.4, 0.5) is 34.1 Å². The largest absolute Gasteiger partial charge is 0.456 e. The van der Waals surface area contributed by atoms with Gasteiger partial charge >= 0.3 is 0 Å². The van der Waals surface area contributed by atoms with Gasteiger partial charge in [0.2, 0.25) is 13.4 Å². The maximum absolute atomic E-state index is 7.04. The van der Waals surface area contributed by atoms with E-state index in [4.69, 9.17) is 13.9 Å². The Bertz CT molecular complexity index is 7320. The number of benzene rings is 20. The number of anilines is 6. The smallest absolute Gasteiger partial charge is 0.241 e. The Balaban J connectivity index is 0.000000147. The van der Waals surface area contributed by atoms with Crippen LogP contribution in [0.3, 0.4) is 0 Å². The Morgan fingerprint density at radius 3 is 1.04 bits per heavy atom. The fourth-order valence-electron chi connectivity index (χ4n) is 18.8. The molecular formula is C112H74B2N2O3. The van der Waals surface area contributed by atoms with Crippen molar-refractivity contribution in [3.63, 3.8) is 0 Å². The van der Waals surface area contributed by atoms with E-state index in [1.54, 1.807) is 0 Å². The highest BCUT2D eigenvalue weighted by Crippen LogP contribution is 2.55. The van der Waals surface area contributed by atoms with E-state index >= 15 is 0 Å². The van der Waals surface area contributed by atoms with Crippen LogP contribution in [0.5, 0.6) is 23.0 Å². The predicted octanol–water partition coefficient (Wildman–Crippen LogP) is 26.4. The molecule has 0 N–H and O–H groups in total. The lowest BCUT2D eigenvalue weighted by molar-refractivity contribution is 0.487. The van der Waals surface area contributed by atoms with Crippen molar-refractivity contribution in [3.8, 4) is 78.6 Å². The Morgan fingerprint density at radius 2 is 0.538 bits per heavy atom. The highest BCUT2D eigenvalue weighted by molar-refractivity contribution is 6.97. The molecule has 0 radical (unpaired) electrons. The van der Waals surface area contributed by atoms with Crippen molar-refractivity contribution in [1.82, 2.24) is 0 Å². The Kier molecular flexibility index (Phi) is 17.7. The third kappa shape index (κ3) is 12.5. The van der Waals surface area contributed by atoms with Crippen LogP contribution >= 0.6 is 0 Å². The molecule has 556 valence electrons. The number of hydrogen-bond donors (Lipinski definition) is 0. The average Bonchev–Trinajstić information content (AvgIpc) is 1.36. The molecule has 0 bridgehead atoms. The van der Waals surface area contributed by atoms with Gasteiger partial charge in [-0.1, -0.05) is 391 Å². The summed E-state index contributed by atoms with van der Waals surface area (Å²) in [5, 5.41) is 11.8. The summed E-state index contributed by atoms with van der Waals surface area (Å²) in [6.45, 7) is 0.203. The zero-order chi connectivity index (χ0) is 78.7. The van der Waals surface area contributed by atoms with Crippen molar-refractivity contribution in [3.05, 3.63) is 449 Å². The van der Waals surface area contributed by atoms with Crippen LogP contribution in [0.1, 0.15) is 0 Å². The van der Waals surface area contributed by atoms with E-state index in [0.717, 1.165) is 123 Å². The second-order valence-electron chi connectivity index (χ2n) is 30.7. The molecule has 0 aliphatic carbocycles. The van der Waals surface area contributed by atoms with Crippen molar-refractivity contribution >= 4 is 145 Å². The molecule has 1 aromatic heterocycles. The van der Waals surface area contributed by atoms with Gasteiger partial charge in [0.25, 0.3) is 0 Å². The van der Waals surface area contributed by atoms with Gasteiger partial charge in [0.05, 0.1) is 17.1 Å². The zero-order valence-corrected chi connectivity index (χ0v) is 65.0. The molecule has 0 fully saturated rings. The van der Waals surface area contributed by atoms with Crippen molar-refractivity contribution in [1.29, 1.82) is 0 Å². The summed E-state index contributed by atoms with van der Waals surface area (Å²) in [5.41, 5.74) is 27.1. The van der Waals surface area contributed by atoms with E-state index in [-0.39, 0.29) is 13.4 Å². The molecule has 7 heteroatoms. The lowest BCUT2D eigenvalue weighted by Gasteiger charge is -2.29. The molecule has 0 atom stereocenters. The van der Waals surface area contributed by atoms with E-state index < -0.39 is 0 Å². The van der Waals surface area contributed by atoms with Gasteiger partial charge in [-0.15, -0.1) is 0 Å². The number of furan rings is 1. The molecule has 20 aromatic carbocycles. The Hall–Kier alpha value is -15.4. The summed E-state index contributed by atoms with van der Waals surface area (Å²) < 4.78 is 20.6. The summed E-state index contributed by atoms with van der Waals surface area (Å²) in [6, 6.07) is 161. The number of hydrogen-bond acceptors (Lipinski definition) is 5. The first-order chi connectivity index (χ1) is 59.1. The van der Waals surface area contributed by atoms with Crippen LogP contribution in [-0.4, -0.2) is 13.4 Å². The Labute approximate surface area is 692 Å². The first-order valence-corrected chi connectivity index (χ1v) is 40.8. The van der Waals surface area contributed by atoms with Crippen LogP contribution in [0.2, 0.25) is 0 Å². The van der Waals surface area contributed by atoms with Gasteiger partial charge in [-0.2, -0.15) is 0 Å². The van der Waals surface area contributed by atoms with E-state index in [9.17, 15) is 0 Å². The number of fused-ring (bicyclic) bond motifs is 9. The summed E-state index contributed by atoms with van der Waals surface area (Å²) in [6.07, 6.45) is 0. The number of ether oxygens (including phenoxy) is 2. The molecule has 5 nitrogen and oxygen atoms in total. The van der Waals surface area contributed by atoms with E-state index in [1.165, 1.54) is 87.5 Å². The maximum Gasteiger partial charge on any atom is 0.241 e. The minimum Gasteiger partial charge on any atom is -0.456 e. The van der Waals surface area contributed by atoms with Gasteiger partial charge in [-0.3, -0.25) is 0 Å². The van der Waals surface area contributed by atoms with Crippen molar-refractivity contribution in [2.45, 2.75) is 0 Å². The van der Waals surface area contributed by atoms with Crippen molar-refractivity contribution in [2.24, 2.45) is 0 Å². The summed E-state index contributed by atoms with van der Waals surface area (Å²) in [4.78, 5) is 4.60. The van der Waals surface area contributed by atoms with Crippen LogP contribution in [0.25, 0.3) is 121 Å². The molecule has 0 saturated heterocycles. The van der Waals surface area contributed by atoms with Crippen LogP contribution in [0.15, 0.2) is 453 Å². The summed E-state index contributed by atoms with van der Waals surface area (Å²) >= 11 is 0. The first kappa shape index (κ1) is 70.2. The predicted molar refractivity (Wildman–Crippen MR) is 502 cm³/mol. The number of rotatable bonds is 15. The minimum absolute atomic E-state index is 0.0897. The second kappa shape index (κ2) is 30.1. The lowest BCUT2D eigenvalue weighted by atomic mass is 9.36. The van der Waals surface area contributed by atoms with Crippen LogP contribution < -0.4 is 52.1 Å². The van der Waals surface area contributed by atoms with E-state index in [0.29, 0.717) is 0 Å². The molecule has 119 heavy (non-hydrogen) atoms. The summed E-state index contributed by atoms with van der Waals surface area (Å²) in [7, 11) is 0. The van der Waals surface area contributed by atoms with Gasteiger partial charge in [-0.25, -0.2) is 0 Å². The highest BCUT2D eigenvalue weighted by atomic mass is 16.5. The van der Waals surface area contributed by atoms with Gasteiger partial charge in [-0.05, 0) is 150 Å². The quantitative estimate of drug-likeness (QED) is 0.0957. The standard InChI is InChI=1S/C62H40BNO2.C50H34BNO/c1-4-18-41(19-5-1)45-24-10-12-32-56(45)64(57-33-16-30-54-50-25-11-13-34-58(50)66-62(54)57)44-36-37-51-53-39-38-48(52-29-17-35-59(61(52)53)65-60(51)40-44)46-26-14-28-49-47(46)27-15-31-55(49)63(42-20-6-2-7-21-42)43-22-8-3-9-23-43;1-5-16-35(17-6-1)51(36-18-7-2-8-19-36)47-28-14-25-41-40(24-13-26-43(41)47)42-32-33-46-44-31-30-39(34-49(44)53-48-29-15-27-45(42)50(46)48)52(37-20-9-3-10-21-37)38-22-11-4-12-23-38/h1-40H;1-34H. The first-order valence-electron chi connectivity index (χ1n) is 40.8. The zero-order valence-electron chi connectivity index (χ0n) is 65.0. The molecule has 3 heterocycles. The molecule has 23 rings (SSSR count). The molecular weight excluding hydrogens is 1440 g/mol. The highest BCUT2D eigenvalue weighted by Gasteiger charge is 2.31. The van der Waals surface area contributed by atoms with E-state index in [1.807, 2.05) is 12.1 Å². The van der Waals surface area contributed by atoms with Crippen molar-refractivity contribution in [2.75, 3.05) is 9.80 Å².